The van der Waals surface area contributed by atoms with Gasteiger partial charge in [0.1, 0.15) is 0 Å². The fourth-order valence-electron chi connectivity index (χ4n) is 2.36. The highest BCUT2D eigenvalue weighted by molar-refractivity contribution is 5.37. The van der Waals surface area contributed by atoms with Gasteiger partial charge in [-0.1, -0.05) is 18.2 Å². The molecule has 0 saturated carbocycles. The lowest BCUT2D eigenvalue weighted by molar-refractivity contribution is 0.288. The summed E-state index contributed by atoms with van der Waals surface area (Å²) in [5.41, 5.74) is 4.59. The van der Waals surface area contributed by atoms with Crippen molar-refractivity contribution in [3.8, 4) is 0 Å². The molecule has 0 heterocycles. The molecule has 14 heavy (non-hydrogen) atoms. The van der Waals surface area contributed by atoms with E-state index in [0.717, 1.165) is 12.8 Å². The zero-order valence-corrected chi connectivity index (χ0v) is 8.63. The molecule has 0 spiro atoms. The van der Waals surface area contributed by atoms with Crippen LogP contribution in [0.3, 0.4) is 0 Å². The van der Waals surface area contributed by atoms with Crippen molar-refractivity contribution in [3.63, 3.8) is 0 Å². The third-order valence-electron chi connectivity index (χ3n) is 3.10. The summed E-state index contributed by atoms with van der Waals surface area (Å²) in [6.07, 6.45) is 7.12. The second-order valence-corrected chi connectivity index (χ2v) is 4.09. The lowest BCUT2D eigenvalue weighted by atomic mass is 9.87. The molecule has 0 fully saturated rings. The SMILES string of the molecule is OCCCc1cccc2c1CCCC2. The Bertz CT molecular complexity index is 304. The fourth-order valence-corrected chi connectivity index (χ4v) is 2.36. The highest BCUT2D eigenvalue weighted by atomic mass is 16.2. The minimum absolute atomic E-state index is 0.309. The van der Waals surface area contributed by atoms with Crippen molar-refractivity contribution < 1.29 is 5.11 Å². The monoisotopic (exact) mass is 190 g/mol. The number of benzene rings is 1. The first-order chi connectivity index (χ1) is 6.92. The van der Waals surface area contributed by atoms with E-state index in [1.165, 1.54) is 31.2 Å². The van der Waals surface area contributed by atoms with Gasteiger partial charge in [-0.25, -0.2) is 0 Å². The van der Waals surface area contributed by atoms with Gasteiger partial charge < -0.3 is 5.11 Å². The van der Waals surface area contributed by atoms with Gasteiger partial charge in [-0.2, -0.15) is 0 Å². The Kier molecular flexibility index (Phi) is 3.20. The van der Waals surface area contributed by atoms with Crippen LogP contribution in [0.15, 0.2) is 18.2 Å². The summed E-state index contributed by atoms with van der Waals surface area (Å²) in [6, 6.07) is 6.65. The molecule has 0 unspecified atom stereocenters. The standard InChI is InChI=1S/C13H18O/c14-10-4-8-12-7-3-6-11-5-1-2-9-13(11)12/h3,6-7,14H,1-2,4-5,8-10H2. The third-order valence-corrected chi connectivity index (χ3v) is 3.10. The van der Waals surface area contributed by atoms with E-state index in [0.29, 0.717) is 6.61 Å². The van der Waals surface area contributed by atoms with E-state index in [1.807, 2.05) is 0 Å². The minimum Gasteiger partial charge on any atom is -0.396 e. The van der Waals surface area contributed by atoms with Crippen LogP contribution < -0.4 is 0 Å². The predicted octanol–water partition coefficient (Wildman–Crippen LogP) is 2.49. The van der Waals surface area contributed by atoms with Crippen LogP contribution in [0.1, 0.15) is 36.0 Å². The Morgan fingerprint density at radius 3 is 2.86 bits per heavy atom. The molecule has 0 bridgehead atoms. The number of rotatable bonds is 3. The van der Waals surface area contributed by atoms with Gasteiger partial charge in [-0.3, -0.25) is 0 Å². The molecule has 0 atom stereocenters. The summed E-state index contributed by atoms with van der Waals surface area (Å²) in [5.74, 6) is 0. The average molecular weight is 190 g/mol. The maximum Gasteiger partial charge on any atom is 0.0434 e. The van der Waals surface area contributed by atoms with Crippen LogP contribution >= 0.6 is 0 Å². The molecular weight excluding hydrogens is 172 g/mol. The van der Waals surface area contributed by atoms with Crippen molar-refractivity contribution in [2.45, 2.75) is 38.5 Å². The summed E-state index contributed by atoms with van der Waals surface area (Å²) in [7, 11) is 0. The Morgan fingerprint density at radius 1 is 1.14 bits per heavy atom. The number of hydrogen-bond acceptors (Lipinski definition) is 1. The number of hydrogen-bond donors (Lipinski definition) is 1. The van der Waals surface area contributed by atoms with Crippen LogP contribution in [-0.4, -0.2) is 11.7 Å². The summed E-state index contributed by atoms with van der Waals surface area (Å²) in [4.78, 5) is 0. The quantitative estimate of drug-likeness (QED) is 0.776. The van der Waals surface area contributed by atoms with Crippen LogP contribution in [0.2, 0.25) is 0 Å². The van der Waals surface area contributed by atoms with E-state index in [2.05, 4.69) is 18.2 Å². The maximum absolute atomic E-state index is 8.83. The molecule has 0 radical (unpaired) electrons. The molecule has 1 aromatic rings. The Labute approximate surface area is 85.8 Å². The van der Waals surface area contributed by atoms with Crippen LogP contribution in [0.4, 0.5) is 0 Å². The third kappa shape index (κ3) is 1.98. The van der Waals surface area contributed by atoms with Crippen molar-refractivity contribution in [2.24, 2.45) is 0 Å². The average Bonchev–Trinajstić information content (AvgIpc) is 2.26. The Balaban J connectivity index is 2.21. The van der Waals surface area contributed by atoms with E-state index in [1.54, 1.807) is 11.1 Å². The lowest BCUT2D eigenvalue weighted by Gasteiger charge is -2.19. The zero-order valence-electron chi connectivity index (χ0n) is 8.63. The molecule has 1 aliphatic carbocycles. The topological polar surface area (TPSA) is 20.2 Å². The number of aliphatic hydroxyl groups excluding tert-OH is 1. The number of aryl methyl sites for hydroxylation is 2. The first-order valence-electron chi connectivity index (χ1n) is 5.62. The Hall–Kier alpha value is -0.820. The van der Waals surface area contributed by atoms with Crippen LogP contribution in [0, 0.1) is 0 Å². The normalized spacial score (nSPS) is 15.2. The molecule has 76 valence electrons. The lowest BCUT2D eigenvalue weighted by Crippen LogP contribution is -2.06. The van der Waals surface area contributed by atoms with E-state index < -0.39 is 0 Å². The van der Waals surface area contributed by atoms with Crippen molar-refractivity contribution in [1.82, 2.24) is 0 Å². The second-order valence-electron chi connectivity index (χ2n) is 4.09. The molecule has 2 rings (SSSR count). The van der Waals surface area contributed by atoms with E-state index in [9.17, 15) is 0 Å². The highest BCUT2D eigenvalue weighted by Crippen LogP contribution is 2.25. The predicted molar refractivity (Wildman–Crippen MR) is 58.5 cm³/mol. The Morgan fingerprint density at radius 2 is 2.00 bits per heavy atom. The van der Waals surface area contributed by atoms with Crippen molar-refractivity contribution in [3.05, 3.63) is 34.9 Å². The minimum atomic E-state index is 0.309. The van der Waals surface area contributed by atoms with Crippen molar-refractivity contribution in [2.75, 3.05) is 6.61 Å². The van der Waals surface area contributed by atoms with Crippen molar-refractivity contribution in [1.29, 1.82) is 0 Å². The molecule has 0 saturated heterocycles. The van der Waals surface area contributed by atoms with Crippen LogP contribution in [-0.2, 0) is 19.3 Å². The fraction of sp³-hybridized carbons (Fsp3) is 0.538. The van der Waals surface area contributed by atoms with Crippen LogP contribution in [0.25, 0.3) is 0 Å². The maximum atomic E-state index is 8.83. The van der Waals surface area contributed by atoms with Crippen molar-refractivity contribution >= 4 is 0 Å². The van der Waals surface area contributed by atoms with Gasteiger partial charge in [-0.15, -0.1) is 0 Å². The largest absolute Gasteiger partial charge is 0.396 e. The number of aliphatic hydroxyl groups is 1. The summed E-state index contributed by atoms with van der Waals surface area (Å²) < 4.78 is 0. The van der Waals surface area contributed by atoms with Gasteiger partial charge in [0.05, 0.1) is 0 Å². The van der Waals surface area contributed by atoms with E-state index in [-0.39, 0.29) is 0 Å². The zero-order chi connectivity index (χ0) is 9.80. The van der Waals surface area contributed by atoms with Gasteiger partial charge in [-0.05, 0) is 55.2 Å². The smallest absolute Gasteiger partial charge is 0.0434 e. The molecular formula is C13H18O. The molecule has 1 aromatic carbocycles. The van der Waals surface area contributed by atoms with Crippen LogP contribution in [0.5, 0.6) is 0 Å². The first kappa shape index (κ1) is 9.72. The van der Waals surface area contributed by atoms with Gasteiger partial charge in [0, 0.05) is 6.61 Å². The molecule has 1 aliphatic rings. The van der Waals surface area contributed by atoms with Gasteiger partial charge in [0.15, 0.2) is 0 Å². The van der Waals surface area contributed by atoms with Gasteiger partial charge >= 0.3 is 0 Å². The molecule has 1 N–H and O–H groups in total. The molecule has 0 aromatic heterocycles. The summed E-state index contributed by atoms with van der Waals surface area (Å²) >= 11 is 0. The second kappa shape index (κ2) is 4.61. The summed E-state index contributed by atoms with van der Waals surface area (Å²) in [5, 5.41) is 8.83. The molecule has 0 aliphatic heterocycles. The van der Waals surface area contributed by atoms with E-state index in [4.69, 9.17) is 5.11 Å². The number of fused-ring (bicyclic) bond motifs is 1. The van der Waals surface area contributed by atoms with Gasteiger partial charge in [0.25, 0.3) is 0 Å². The molecule has 1 nitrogen and oxygen atoms in total. The molecule has 0 amide bonds. The van der Waals surface area contributed by atoms with E-state index >= 15 is 0 Å². The van der Waals surface area contributed by atoms with Gasteiger partial charge in [0.2, 0.25) is 0 Å². The highest BCUT2D eigenvalue weighted by Gasteiger charge is 2.11. The first-order valence-corrected chi connectivity index (χ1v) is 5.62. The molecule has 1 heteroatoms. The summed E-state index contributed by atoms with van der Waals surface area (Å²) in [6.45, 7) is 0.309.